The molecule has 0 spiro atoms. The summed E-state index contributed by atoms with van der Waals surface area (Å²) in [5.41, 5.74) is -0.127. The summed E-state index contributed by atoms with van der Waals surface area (Å²) >= 11 is 1.52. The van der Waals surface area contributed by atoms with Crippen molar-refractivity contribution in [2.75, 3.05) is 31.1 Å². The van der Waals surface area contributed by atoms with E-state index < -0.39 is 14.9 Å². The topological polar surface area (TPSA) is 96.6 Å². The highest BCUT2D eigenvalue weighted by Crippen LogP contribution is 2.23. The van der Waals surface area contributed by atoms with Gasteiger partial charge in [-0.1, -0.05) is 0 Å². The molecule has 0 N–H and O–H groups in total. The maximum Gasteiger partial charge on any atom is 0.269 e. The highest BCUT2D eigenvalue weighted by Gasteiger charge is 2.29. The first-order chi connectivity index (χ1) is 11.0. The minimum absolute atomic E-state index is 0.0748. The quantitative estimate of drug-likeness (QED) is 0.611. The van der Waals surface area contributed by atoms with Crippen LogP contribution in [0.1, 0.15) is 0 Å². The van der Waals surface area contributed by atoms with Crippen LogP contribution in [0.15, 0.2) is 40.7 Å². The Morgan fingerprint density at radius 1 is 1.13 bits per heavy atom. The number of hydrogen-bond donors (Lipinski definition) is 0. The molecule has 0 unspecified atom stereocenters. The number of nitro groups is 1. The van der Waals surface area contributed by atoms with Crippen molar-refractivity contribution in [1.29, 1.82) is 0 Å². The number of anilines is 1. The first-order valence-corrected chi connectivity index (χ1v) is 9.19. The molecular formula is C13H14N4O4S2. The van der Waals surface area contributed by atoms with Gasteiger partial charge in [0.1, 0.15) is 0 Å². The predicted octanol–water partition coefficient (Wildman–Crippen LogP) is 1.56. The van der Waals surface area contributed by atoms with Crippen LogP contribution in [0.25, 0.3) is 0 Å². The maximum absolute atomic E-state index is 12.6. The van der Waals surface area contributed by atoms with Crippen molar-refractivity contribution < 1.29 is 13.3 Å². The van der Waals surface area contributed by atoms with Crippen LogP contribution in [0, 0.1) is 10.1 Å². The predicted molar refractivity (Wildman–Crippen MR) is 86.2 cm³/mol. The SMILES string of the molecule is O=[N+]([O-])c1ccc(S(=O)(=O)N2CCN(c3nccs3)CC2)cc1. The zero-order valence-corrected chi connectivity index (χ0v) is 13.7. The molecule has 10 heteroatoms. The van der Waals surface area contributed by atoms with Gasteiger partial charge < -0.3 is 4.90 Å². The van der Waals surface area contributed by atoms with Crippen LogP contribution >= 0.6 is 11.3 Å². The fourth-order valence-electron chi connectivity index (χ4n) is 2.38. The van der Waals surface area contributed by atoms with Gasteiger partial charge in [-0.25, -0.2) is 13.4 Å². The lowest BCUT2D eigenvalue weighted by molar-refractivity contribution is -0.384. The van der Waals surface area contributed by atoms with E-state index in [0.29, 0.717) is 26.2 Å². The summed E-state index contributed by atoms with van der Waals surface area (Å²) < 4.78 is 26.6. The average Bonchev–Trinajstić information content (AvgIpc) is 3.09. The molecule has 1 aromatic carbocycles. The van der Waals surface area contributed by atoms with Gasteiger partial charge in [0.2, 0.25) is 10.0 Å². The van der Waals surface area contributed by atoms with E-state index in [1.807, 2.05) is 10.3 Å². The molecule has 1 aromatic heterocycles. The number of nitro benzene ring substituents is 1. The van der Waals surface area contributed by atoms with Crippen LogP contribution in [0.3, 0.4) is 0 Å². The summed E-state index contributed by atoms with van der Waals surface area (Å²) in [4.78, 5) is 16.4. The van der Waals surface area contributed by atoms with E-state index in [2.05, 4.69) is 4.98 Å². The monoisotopic (exact) mass is 354 g/mol. The molecular weight excluding hydrogens is 340 g/mol. The number of thiazole rings is 1. The Morgan fingerprint density at radius 2 is 1.78 bits per heavy atom. The Kier molecular flexibility index (Phi) is 4.28. The van der Waals surface area contributed by atoms with Crippen LogP contribution in [0.2, 0.25) is 0 Å². The van der Waals surface area contributed by atoms with Crippen LogP contribution < -0.4 is 4.90 Å². The smallest absolute Gasteiger partial charge is 0.269 e. The third kappa shape index (κ3) is 3.19. The number of hydrogen-bond acceptors (Lipinski definition) is 7. The number of benzene rings is 1. The lowest BCUT2D eigenvalue weighted by Gasteiger charge is -2.33. The minimum atomic E-state index is -3.63. The van der Waals surface area contributed by atoms with E-state index in [9.17, 15) is 18.5 Å². The standard InChI is InChI=1S/C13H14N4O4S2/c18-17(19)11-1-3-12(4-2-11)23(20,21)16-8-6-15(7-9-16)13-14-5-10-22-13/h1-5,10H,6-9H2. The van der Waals surface area contributed by atoms with Crippen molar-refractivity contribution in [2.24, 2.45) is 0 Å². The van der Waals surface area contributed by atoms with Gasteiger partial charge in [-0.05, 0) is 12.1 Å². The molecule has 23 heavy (non-hydrogen) atoms. The molecule has 122 valence electrons. The summed E-state index contributed by atoms with van der Waals surface area (Å²) in [7, 11) is -3.63. The Bertz CT molecular complexity index is 782. The zero-order chi connectivity index (χ0) is 16.4. The van der Waals surface area contributed by atoms with Crippen molar-refractivity contribution in [3.05, 3.63) is 46.0 Å². The van der Waals surface area contributed by atoms with Gasteiger partial charge in [0.25, 0.3) is 5.69 Å². The normalized spacial score (nSPS) is 16.4. The first kappa shape index (κ1) is 15.8. The van der Waals surface area contributed by atoms with Gasteiger partial charge in [0.15, 0.2) is 5.13 Å². The maximum atomic E-state index is 12.6. The lowest BCUT2D eigenvalue weighted by Crippen LogP contribution is -2.48. The molecule has 0 atom stereocenters. The van der Waals surface area contributed by atoms with Gasteiger partial charge in [-0.15, -0.1) is 11.3 Å². The van der Waals surface area contributed by atoms with E-state index in [0.717, 1.165) is 5.13 Å². The molecule has 1 saturated heterocycles. The largest absolute Gasteiger partial charge is 0.345 e. The second kappa shape index (κ2) is 6.22. The third-order valence-electron chi connectivity index (χ3n) is 3.61. The van der Waals surface area contributed by atoms with Gasteiger partial charge >= 0.3 is 0 Å². The average molecular weight is 354 g/mol. The molecule has 0 saturated carbocycles. The van der Waals surface area contributed by atoms with Crippen LogP contribution in [-0.4, -0.2) is 48.8 Å². The van der Waals surface area contributed by atoms with Crippen molar-refractivity contribution >= 4 is 32.2 Å². The molecule has 2 heterocycles. The van der Waals surface area contributed by atoms with Gasteiger partial charge in [0.05, 0.1) is 9.82 Å². The molecule has 8 nitrogen and oxygen atoms in total. The van der Waals surface area contributed by atoms with E-state index in [1.165, 1.54) is 39.9 Å². The van der Waals surface area contributed by atoms with Crippen molar-refractivity contribution in [2.45, 2.75) is 4.90 Å². The van der Waals surface area contributed by atoms with Crippen molar-refractivity contribution in [3.8, 4) is 0 Å². The Labute approximate surface area is 137 Å². The minimum Gasteiger partial charge on any atom is -0.345 e. The molecule has 1 fully saturated rings. The Balaban J connectivity index is 1.72. The van der Waals surface area contributed by atoms with E-state index in [-0.39, 0.29) is 10.6 Å². The third-order valence-corrected chi connectivity index (χ3v) is 6.36. The van der Waals surface area contributed by atoms with Crippen LogP contribution in [0.4, 0.5) is 10.8 Å². The summed E-state index contributed by atoms with van der Waals surface area (Å²) in [6.07, 6.45) is 1.72. The summed E-state index contributed by atoms with van der Waals surface area (Å²) in [6, 6.07) is 4.97. The zero-order valence-electron chi connectivity index (χ0n) is 12.0. The number of nitrogens with zero attached hydrogens (tertiary/aromatic N) is 4. The molecule has 0 bridgehead atoms. The Hall–Kier alpha value is -2.04. The first-order valence-electron chi connectivity index (χ1n) is 6.87. The fraction of sp³-hybridized carbons (Fsp3) is 0.308. The lowest BCUT2D eigenvalue weighted by atomic mass is 10.3. The molecule has 0 aliphatic carbocycles. The van der Waals surface area contributed by atoms with Crippen molar-refractivity contribution in [1.82, 2.24) is 9.29 Å². The number of piperazine rings is 1. The van der Waals surface area contributed by atoms with Gasteiger partial charge in [-0.3, -0.25) is 10.1 Å². The Morgan fingerprint density at radius 3 is 2.30 bits per heavy atom. The molecule has 0 radical (unpaired) electrons. The van der Waals surface area contributed by atoms with Crippen LogP contribution in [-0.2, 0) is 10.0 Å². The van der Waals surface area contributed by atoms with E-state index in [1.54, 1.807) is 6.20 Å². The molecule has 0 amide bonds. The highest BCUT2D eigenvalue weighted by molar-refractivity contribution is 7.89. The summed E-state index contributed by atoms with van der Waals surface area (Å²) in [6.45, 7) is 1.86. The number of rotatable bonds is 4. The molecule has 3 rings (SSSR count). The molecule has 1 aliphatic rings. The second-order valence-corrected chi connectivity index (χ2v) is 7.77. The van der Waals surface area contributed by atoms with E-state index >= 15 is 0 Å². The van der Waals surface area contributed by atoms with E-state index in [4.69, 9.17) is 0 Å². The summed E-state index contributed by atoms with van der Waals surface area (Å²) in [5, 5.41) is 13.4. The second-order valence-electron chi connectivity index (χ2n) is 4.96. The fourth-order valence-corrected chi connectivity index (χ4v) is 4.50. The number of sulfonamides is 1. The van der Waals surface area contributed by atoms with Crippen LogP contribution in [0.5, 0.6) is 0 Å². The molecule has 2 aromatic rings. The number of non-ortho nitro benzene ring substituents is 1. The van der Waals surface area contributed by atoms with Crippen molar-refractivity contribution in [3.63, 3.8) is 0 Å². The number of aromatic nitrogens is 1. The summed E-state index contributed by atoms with van der Waals surface area (Å²) in [5.74, 6) is 0. The van der Waals surface area contributed by atoms with Gasteiger partial charge in [0, 0.05) is 49.9 Å². The highest BCUT2D eigenvalue weighted by atomic mass is 32.2. The van der Waals surface area contributed by atoms with Gasteiger partial charge in [-0.2, -0.15) is 4.31 Å². The molecule has 1 aliphatic heterocycles.